The molecule has 5 heteroatoms. The van der Waals surface area contributed by atoms with E-state index < -0.39 is 0 Å². The molecule has 132 valence electrons. The van der Waals surface area contributed by atoms with Crippen LogP contribution in [0.4, 0.5) is 5.82 Å². The van der Waals surface area contributed by atoms with Gasteiger partial charge in [-0.05, 0) is 45.9 Å². The molecule has 0 radical (unpaired) electrons. The zero-order valence-electron chi connectivity index (χ0n) is 15.1. The summed E-state index contributed by atoms with van der Waals surface area (Å²) in [6.45, 7) is 8.66. The summed E-state index contributed by atoms with van der Waals surface area (Å²) in [5.41, 5.74) is 5.63. The van der Waals surface area contributed by atoms with E-state index in [1.807, 2.05) is 39.8 Å². The number of aromatic nitrogens is 1. The van der Waals surface area contributed by atoms with Gasteiger partial charge in [0.15, 0.2) is 0 Å². The fraction of sp³-hybridized carbons (Fsp3) is 0.450. The molecular formula is C20H24N2O3. The summed E-state index contributed by atoms with van der Waals surface area (Å²) in [6.07, 6.45) is 0.494. The summed E-state index contributed by atoms with van der Waals surface area (Å²) in [5, 5.41) is 1.35. The molecule has 3 N–H and O–H groups in total. The number of nitrogen functional groups attached to an aromatic ring is 1. The van der Waals surface area contributed by atoms with Crippen molar-refractivity contribution in [3.05, 3.63) is 40.2 Å². The molecule has 1 aliphatic heterocycles. The van der Waals surface area contributed by atoms with Gasteiger partial charge in [-0.1, -0.05) is 17.9 Å². The molecule has 1 unspecified atom stereocenters. The zero-order valence-corrected chi connectivity index (χ0v) is 15.1. The minimum absolute atomic E-state index is 0.0704. The largest absolute Gasteiger partial charge is 0.385 e. The van der Waals surface area contributed by atoms with E-state index >= 15 is 0 Å². The summed E-state index contributed by atoms with van der Waals surface area (Å²) in [6, 6.07) is 7.22. The summed E-state index contributed by atoms with van der Waals surface area (Å²) in [7, 11) is 0. The summed E-state index contributed by atoms with van der Waals surface area (Å²) < 4.78 is 12.1. The number of anilines is 1. The second-order valence-corrected chi connectivity index (χ2v) is 7.40. The molecular weight excluding hydrogens is 316 g/mol. The van der Waals surface area contributed by atoms with Crippen LogP contribution in [0.2, 0.25) is 0 Å². The first-order chi connectivity index (χ1) is 11.7. The first kappa shape index (κ1) is 17.5. The van der Waals surface area contributed by atoms with Crippen molar-refractivity contribution in [1.29, 1.82) is 0 Å². The van der Waals surface area contributed by atoms with Gasteiger partial charge in [0.2, 0.25) is 0 Å². The van der Waals surface area contributed by atoms with Gasteiger partial charge in [-0.3, -0.25) is 4.79 Å². The minimum atomic E-state index is -0.376. The SMILES string of the molecule is CC1(C)OCC(CC#Cc2cccc3c(=O)[nH]c(N)cc23)OC1(C)C. The van der Waals surface area contributed by atoms with E-state index in [9.17, 15) is 4.79 Å². The van der Waals surface area contributed by atoms with Crippen molar-refractivity contribution in [3.8, 4) is 11.8 Å². The number of hydrogen-bond acceptors (Lipinski definition) is 4. The molecule has 2 aromatic rings. The maximum atomic E-state index is 12.0. The second-order valence-electron chi connectivity index (χ2n) is 7.40. The molecule has 1 aromatic carbocycles. The van der Waals surface area contributed by atoms with E-state index in [1.165, 1.54) is 0 Å². The fourth-order valence-electron chi connectivity index (χ4n) is 2.85. The number of hydrogen-bond donors (Lipinski definition) is 2. The van der Waals surface area contributed by atoms with E-state index in [0.717, 1.165) is 10.9 Å². The number of rotatable bonds is 1. The van der Waals surface area contributed by atoms with Gasteiger partial charge >= 0.3 is 0 Å². The Morgan fingerprint density at radius 3 is 2.72 bits per heavy atom. The molecule has 0 spiro atoms. The topological polar surface area (TPSA) is 77.3 Å². The summed E-state index contributed by atoms with van der Waals surface area (Å²) in [5.74, 6) is 6.64. The lowest BCUT2D eigenvalue weighted by Gasteiger charge is -2.47. The molecule has 1 fully saturated rings. The Balaban J connectivity index is 1.82. The first-order valence-electron chi connectivity index (χ1n) is 8.42. The van der Waals surface area contributed by atoms with E-state index in [0.29, 0.717) is 24.2 Å². The van der Waals surface area contributed by atoms with Crippen LogP contribution in [0.25, 0.3) is 10.8 Å². The molecule has 0 saturated carbocycles. The molecule has 1 aliphatic rings. The summed E-state index contributed by atoms with van der Waals surface area (Å²) in [4.78, 5) is 14.6. The normalized spacial score (nSPS) is 21.5. The van der Waals surface area contributed by atoms with Crippen molar-refractivity contribution in [2.24, 2.45) is 0 Å². The van der Waals surface area contributed by atoms with E-state index in [4.69, 9.17) is 15.2 Å². The zero-order chi connectivity index (χ0) is 18.2. The average molecular weight is 340 g/mol. The predicted octanol–water partition coefficient (Wildman–Crippen LogP) is 2.82. The maximum absolute atomic E-state index is 12.0. The monoisotopic (exact) mass is 340 g/mol. The van der Waals surface area contributed by atoms with Crippen LogP contribution in [-0.2, 0) is 9.47 Å². The molecule has 25 heavy (non-hydrogen) atoms. The lowest BCUT2D eigenvalue weighted by Crippen LogP contribution is -2.56. The number of nitrogens with two attached hydrogens (primary N) is 1. The Morgan fingerprint density at radius 1 is 1.24 bits per heavy atom. The molecule has 0 aliphatic carbocycles. The Bertz CT molecular complexity index is 916. The van der Waals surface area contributed by atoms with Crippen LogP contribution in [-0.4, -0.2) is 28.9 Å². The molecule has 2 heterocycles. The molecule has 5 nitrogen and oxygen atoms in total. The van der Waals surface area contributed by atoms with Crippen LogP contribution in [0.15, 0.2) is 29.1 Å². The van der Waals surface area contributed by atoms with Crippen LogP contribution in [0.5, 0.6) is 0 Å². The number of H-pyrrole nitrogens is 1. The van der Waals surface area contributed by atoms with Crippen LogP contribution < -0.4 is 11.3 Å². The number of ether oxygens (including phenoxy) is 2. The van der Waals surface area contributed by atoms with Crippen molar-refractivity contribution >= 4 is 16.6 Å². The molecule has 0 amide bonds. The van der Waals surface area contributed by atoms with Gasteiger partial charge < -0.3 is 20.2 Å². The van der Waals surface area contributed by atoms with Gasteiger partial charge in [0.05, 0.1) is 23.9 Å². The lowest BCUT2D eigenvalue weighted by molar-refractivity contribution is -0.260. The van der Waals surface area contributed by atoms with Gasteiger partial charge in [-0.15, -0.1) is 0 Å². The Morgan fingerprint density at radius 2 is 2.00 bits per heavy atom. The molecule has 1 atom stereocenters. The van der Waals surface area contributed by atoms with Crippen LogP contribution >= 0.6 is 0 Å². The van der Waals surface area contributed by atoms with Crippen LogP contribution in [0, 0.1) is 11.8 Å². The molecule has 1 aromatic heterocycles. The molecule has 0 bridgehead atoms. The Labute approximate surface area is 147 Å². The maximum Gasteiger partial charge on any atom is 0.257 e. The highest BCUT2D eigenvalue weighted by atomic mass is 16.6. The van der Waals surface area contributed by atoms with Crippen molar-refractivity contribution in [2.45, 2.75) is 51.4 Å². The number of fused-ring (bicyclic) bond motifs is 1. The number of nitrogens with one attached hydrogen (secondary N) is 1. The van der Waals surface area contributed by atoms with Crippen LogP contribution in [0.1, 0.15) is 39.7 Å². The smallest absolute Gasteiger partial charge is 0.257 e. The Hall–Kier alpha value is -2.29. The fourth-order valence-corrected chi connectivity index (χ4v) is 2.85. The van der Waals surface area contributed by atoms with Gasteiger partial charge in [0.25, 0.3) is 5.56 Å². The van der Waals surface area contributed by atoms with Gasteiger partial charge in [-0.2, -0.15) is 0 Å². The highest BCUT2D eigenvalue weighted by Crippen LogP contribution is 2.35. The van der Waals surface area contributed by atoms with Crippen molar-refractivity contribution in [2.75, 3.05) is 12.3 Å². The third-order valence-corrected chi connectivity index (χ3v) is 5.00. The van der Waals surface area contributed by atoms with Crippen molar-refractivity contribution in [3.63, 3.8) is 0 Å². The van der Waals surface area contributed by atoms with Gasteiger partial charge in [0, 0.05) is 22.8 Å². The third kappa shape index (κ3) is 3.41. The third-order valence-electron chi connectivity index (χ3n) is 5.00. The minimum Gasteiger partial charge on any atom is -0.385 e. The number of aromatic amines is 1. The van der Waals surface area contributed by atoms with Gasteiger partial charge in [0.1, 0.15) is 5.82 Å². The van der Waals surface area contributed by atoms with E-state index in [2.05, 4.69) is 16.8 Å². The lowest BCUT2D eigenvalue weighted by atomic mass is 9.87. The number of benzene rings is 1. The van der Waals surface area contributed by atoms with Crippen LogP contribution in [0.3, 0.4) is 0 Å². The van der Waals surface area contributed by atoms with Crippen molar-refractivity contribution in [1.82, 2.24) is 4.98 Å². The highest BCUT2D eigenvalue weighted by Gasteiger charge is 2.44. The van der Waals surface area contributed by atoms with E-state index in [-0.39, 0.29) is 22.9 Å². The summed E-state index contributed by atoms with van der Waals surface area (Å²) >= 11 is 0. The average Bonchev–Trinajstić information content (AvgIpc) is 2.51. The molecule has 1 saturated heterocycles. The standard InChI is InChI=1S/C20H24N2O3/c1-19(2)20(3,4)25-14(12-24-19)9-5-7-13-8-6-10-15-16(13)11-17(21)22-18(15)23/h6,8,10-11,14H,9,12H2,1-4H3,(H3,21,22,23). The number of pyridine rings is 1. The predicted molar refractivity (Wildman–Crippen MR) is 99.5 cm³/mol. The molecule has 3 rings (SSSR count). The quantitative estimate of drug-likeness (QED) is 0.783. The highest BCUT2D eigenvalue weighted by molar-refractivity contribution is 5.89. The van der Waals surface area contributed by atoms with Crippen molar-refractivity contribution < 1.29 is 9.47 Å². The second kappa shape index (κ2) is 6.21. The van der Waals surface area contributed by atoms with Gasteiger partial charge in [-0.25, -0.2) is 0 Å². The Kier molecular flexibility index (Phi) is 4.36. The van der Waals surface area contributed by atoms with E-state index in [1.54, 1.807) is 12.1 Å². The first-order valence-corrected chi connectivity index (χ1v) is 8.42.